The molecule has 0 saturated carbocycles. The second kappa shape index (κ2) is 9.69. The van der Waals surface area contributed by atoms with Crippen LogP contribution < -0.4 is 10.7 Å². The molecule has 0 atom stereocenters. The molecule has 0 spiro atoms. The van der Waals surface area contributed by atoms with Crippen LogP contribution in [-0.2, 0) is 0 Å². The summed E-state index contributed by atoms with van der Waals surface area (Å²) in [4.78, 5) is 12.5. The molecular weight excluding hydrogens is 368 g/mol. The van der Waals surface area contributed by atoms with Crippen molar-refractivity contribution in [3.8, 4) is 0 Å². The van der Waals surface area contributed by atoms with Crippen molar-refractivity contribution in [1.82, 2.24) is 10.7 Å². The van der Waals surface area contributed by atoms with Gasteiger partial charge in [0.1, 0.15) is 0 Å². The summed E-state index contributed by atoms with van der Waals surface area (Å²) in [6.45, 7) is 6.10. The Bertz CT molecular complexity index is 836. The number of hydrazone groups is 1. The van der Waals surface area contributed by atoms with Crippen LogP contribution in [0.15, 0.2) is 70.0 Å². The first-order valence-corrected chi connectivity index (χ1v) is 8.93. The quantitative estimate of drug-likeness (QED) is 0.246. The standard InChI is InChI=1S/C18H18N4O2S2/c1-3-10-19-18(25)21-20-12-14-6-9-17(16(11-14)22(23)24)26-15-7-4-13(2)5-8-15/h3-9,11-12H,1,10H2,2H3,(H2,19,21,25)/b20-12+. The average Bonchev–Trinajstić information content (AvgIpc) is 2.62. The summed E-state index contributed by atoms with van der Waals surface area (Å²) < 4.78 is 0. The Kier molecular flexibility index (Phi) is 7.31. The van der Waals surface area contributed by atoms with Gasteiger partial charge in [-0.2, -0.15) is 5.10 Å². The smallest absolute Gasteiger partial charge is 0.283 e. The highest BCUT2D eigenvalue weighted by Crippen LogP contribution is 2.35. The number of nitro groups is 1. The number of nitro benzene ring substituents is 1. The molecule has 0 bridgehead atoms. The Labute approximate surface area is 161 Å². The van der Waals surface area contributed by atoms with Crippen LogP contribution in [0.1, 0.15) is 11.1 Å². The molecule has 8 heteroatoms. The van der Waals surface area contributed by atoms with Gasteiger partial charge in [-0.3, -0.25) is 15.5 Å². The molecular formula is C18H18N4O2S2. The van der Waals surface area contributed by atoms with E-state index in [0.717, 1.165) is 10.5 Å². The highest BCUT2D eigenvalue weighted by molar-refractivity contribution is 7.99. The van der Waals surface area contributed by atoms with Crippen molar-refractivity contribution in [2.24, 2.45) is 5.10 Å². The van der Waals surface area contributed by atoms with Gasteiger partial charge in [0.15, 0.2) is 5.11 Å². The third-order valence-electron chi connectivity index (χ3n) is 3.22. The number of thiocarbonyl (C=S) groups is 1. The van der Waals surface area contributed by atoms with Crippen LogP contribution in [0.4, 0.5) is 5.69 Å². The van der Waals surface area contributed by atoms with Crippen molar-refractivity contribution >= 4 is 41.0 Å². The first kappa shape index (κ1) is 19.6. The van der Waals surface area contributed by atoms with E-state index in [-0.39, 0.29) is 5.69 Å². The number of hydrogen-bond acceptors (Lipinski definition) is 5. The van der Waals surface area contributed by atoms with Crippen LogP contribution in [0.5, 0.6) is 0 Å². The fourth-order valence-electron chi connectivity index (χ4n) is 1.95. The van der Waals surface area contributed by atoms with Gasteiger partial charge in [-0.15, -0.1) is 6.58 Å². The molecule has 0 fully saturated rings. The molecule has 0 unspecified atom stereocenters. The third kappa shape index (κ3) is 5.98. The lowest BCUT2D eigenvalue weighted by molar-refractivity contribution is -0.387. The zero-order chi connectivity index (χ0) is 18.9. The van der Waals surface area contributed by atoms with Gasteiger partial charge in [0.25, 0.3) is 5.69 Å². The Morgan fingerprint density at radius 1 is 1.35 bits per heavy atom. The highest BCUT2D eigenvalue weighted by Gasteiger charge is 2.15. The summed E-state index contributed by atoms with van der Waals surface area (Å²) in [5, 5.41) is 18.6. The van der Waals surface area contributed by atoms with Gasteiger partial charge in [0.2, 0.25) is 0 Å². The van der Waals surface area contributed by atoms with Gasteiger partial charge in [-0.25, -0.2) is 0 Å². The summed E-state index contributed by atoms with van der Waals surface area (Å²) in [7, 11) is 0. The summed E-state index contributed by atoms with van der Waals surface area (Å²) in [6.07, 6.45) is 3.15. The molecule has 0 saturated heterocycles. The molecule has 0 aliphatic heterocycles. The lowest BCUT2D eigenvalue weighted by atomic mass is 10.2. The maximum Gasteiger partial charge on any atom is 0.283 e. The van der Waals surface area contributed by atoms with E-state index in [1.54, 1.807) is 18.2 Å². The number of hydrogen-bond donors (Lipinski definition) is 2. The first-order valence-electron chi connectivity index (χ1n) is 7.70. The Hall–Kier alpha value is -2.71. The second-order valence-electron chi connectivity index (χ2n) is 5.27. The van der Waals surface area contributed by atoms with Crippen LogP contribution in [0.25, 0.3) is 0 Å². The molecule has 2 N–H and O–H groups in total. The van der Waals surface area contributed by atoms with E-state index in [1.807, 2.05) is 31.2 Å². The van der Waals surface area contributed by atoms with Crippen molar-refractivity contribution in [2.75, 3.05) is 6.54 Å². The van der Waals surface area contributed by atoms with E-state index in [1.165, 1.54) is 24.0 Å². The molecule has 2 aromatic rings. The molecule has 6 nitrogen and oxygen atoms in total. The Morgan fingerprint density at radius 3 is 2.73 bits per heavy atom. The number of nitrogens with zero attached hydrogens (tertiary/aromatic N) is 2. The SMILES string of the molecule is C=CCNC(=S)N/N=C/c1ccc(Sc2ccc(C)cc2)c([N+](=O)[O-])c1. The maximum atomic E-state index is 11.4. The van der Waals surface area contributed by atoms with Gasteiger partial charge in [-0.05, 0) is 37.3 Å². The minimum Gasteiger partial charge on any atom is -0.358 e. The summed E-state index contributed by atoms with van der Waals surface area (Å²) in [5.74, 6) is 0. The first-order chi connectivity index (χ1) is 12.5. The van der Waals surface area contributed by atoms with Crippen LogP contribution in [0.3, 0.4) is 0 Å². The Morgan fingerprint density at radius 2 is 2.08 bits per heavy atom. The average molecular weight is 387 g/mol. The molecule has 2 rings (SSSR count). The molecule has 0 aliphatic rings. The summed E-state index contributed by atoms with van der Waals surface area (Å²) in [6, 6.07) is 12.8. The maximum absolute atomic E-state index is 11.4. The molecule has 0 amide bonds. The topological polar surface area (TPSA) is 79.6 Å². The molecule has 134 valence electrons. The predicted octanol–water partition coefficient (Wildman–Crippen LogP) is 4.04. The van der Waals surface area contributed by atoms with Gasteiger partial charge < -0.3 is 5.32 Å². The van der Waals surface area contributed by atoms with Gasteiger partial charge in [0.05, 0.1) is 16.0 Å². The van der Waals surface area contributed by atoms with Crippen molar-refractivity contribution in [3.63, 3.8) is 0 Å². The van der Waals surface area contributed by atoms with Gasteiger partial charge >= 0.3 is 0 Å². The van der Waals surface area contributed by atoms with Crippen LogP contribution in [-0.4, -0.2) is 22.8 Å². The van der Waals surface area contributed by atoms with Crippen molar-refractivity contribution in [3.05, 3.63) is 76.4 Å². The fourth-order valence-corrected chi connectivity index (χ4v) is 2.98. The number of aryl methyl sites for hydroxylation is 1. The summed E-state index contributed by atoms with van der Waals surface area (Å²) in [5.41, 5.74) is 4.42. The molecule has 0 aliphatic carbocycles. The van der Waals surface area contributed by atoms with E-state index < -0.39 is 4.92 Å². The minimum atomic E-state index is -0.391. The number of rotatable bonds is 7. The van der Waals surface area contributed by atoms with Crippen LogP contribution in [0.2, 0.25) is 0 Å². The minimum absolute atomic E-state index is 0.0342. The largest absolute Gasteiger partial charge is 0.358 e. The van der Waals surface area contributed by atoms with E-state index >= 15 is 0 Å². The van der Waals surface area contributed by atoms with Gasteiger partial charge in [0, 0.05) is 23.1 Å². The van der Waals surface area contributed by atoms with E-state index in [0.29, 0.717) is 22.1 Å². The van der Waals surface area contributed by atoms with Crippen LogP contribution in [0, 0.1) is 17.0 Å². The van der Waals surface area contributed by atoms with E-state index in [4.69, 9.17) is 12.2 Å². The third-order valence-corrected chi connectivity index (χ3v) is 4.52. The normalized spacial score (nSPS) is 10.5. The lowest BCUT2D eigenvalue weighted by Gasteiger charge is -2.05. The molecule has 0 radical (unpaired) electrons. The van der Waals surface area contributed by atoms with Crippen molar-refractivity contribution in [2.45, 2.75) is 16.7 Å². The number of benzene rings is 2. The molecule has 26 heavy (non-hydrogen) atoms. The monoisotopic (exact) mass is 386 g/mol. The predicted molar refractivity (Wildman–Crippen MR) is 110 cm³/mol. The van der Waals surface area contributed by atoms with E-state index in [9.17, 15) is 10.1 Å². The molecule has 0 aromatic heterocycles. The zero-order valence-corrected chi connectivity index (χ0v) is 15.8. The van der Waals surface area contributed by atoms with Crippen LogP contribution >= 0.6 is 24.0 Å². The Balaban J connectivity index is 2.12. The van der Waals surface area contributed by atoms with E-state index in [2.05, 4.69) is 22.4 Å². The molecule has 0 heterocycles. The molecule has 2 aromatic carbocycles. The van der Waals surface area contributed by atoms with Gasteiger partial charge in [-0.1, -0.05) is 41.6 Å². The number of nitrogens with one attached hydrogen (secondary N) is 2. The fraction of sp³-hybridized carbons (Fsp3) is 0.111. The summed E-state index contributed by atoms with van der Waals surface area (Å²) >= 11 is 6.37. The van der Waals surface area contributed by atoms with Crippen molar-refractivity contribution < 1.29 is 4.92 Å². The lowest BCUT2D eigenvalue weighted by Crippen LogP contribution is -2.31. The van der Waals surface area contributed by atoms with Crippen molar-refractivity contribution in [1.29, 1.82) is 0 Å². The highest BCUT2D eigenvalue weighted by atomic mass is 32.2. The second-order valence-corrected chi connectivity index (χ2v) is 6.79. The zero-order valence-electron chi connectivity index (χ0n) is 14.1.